The third-order valence-electron chi connectivity index (χ3n) is 2.08. The van der Waals surface area contributed by atoms with Gasteiger partial charge in [0.05, 0.1) is 0 Å². The van der Waals surface area contributed by atoms with Gasteiger partial charge in [0.25, 0.3) is 0 Å². The standard InChI is InChI=1S/C11H18N2O/c1-4-6-12-8-9-13(11(12)14)7-5-10(2)3/h5,8-9H,4,6-7H2,1-3H3. The summed E-state index contributed by atoms with van der Waals surface area (Å²) in [7, 11) is 0. The average molecular weight is 194 g/mol. The van der Waals surface area contributed by atoms with Gasteiger partial charge < -0.3 is 0 Å². The fraction of sp³-hybridized carbons (Fsp3) is 0.545. The Morgan fingerprint density at radius 3 is 2.57 bits per heavy atom. The highest BCUT2D eigenvalue weighted by molar-refractivity contribution is 4.94. The first-order valence-electron chi connectivity index (χ1n) is 5.04. The zero-order chi connectivity index (χ0) is 10.6. The zero-order valence-corrected chi connectivity index (χ0v) is 9.16. The molecule has 0 fully saturated rings. The van der Waals surface area contributed by atoms with Crippen LogP contribution in [0, 0.1) is 0 Å². The molecule has 0 spiro atoms. The molecule has 0 radical (unpaired) electrons. The summed E-state index contributed by atoms with van der Waals surface area (Å²) in [6, 6.07) is 0. The maximum atomic E-state index is 11.7. The Morgan fingerprint density at radius 1 is 1.36 bits per heavy atom. The molecule has 0 atom stereocenters. The maximum Gasteiger partial charge on any atom is 0.328 e. The number of imidazole rings is 1. The van der Waals surface area contributed by atoms with Crippen LogP contribution in [0.25, 0.3) is 0 Å². The number of rotatable bonds is 4. The van der Waals surface area contributed by atoms with Gasteiger partial charge in [0.1, 0.15) is 0 Å². The largest absolute Gasteiger partial charge is 0.328 e. The zero-order valence-electron chi connectivity index (χ0n) is 9.16. The molecule has 0 bridgehead atoms. The Kier molecular flexibility index (Phi) is 3.74. The van der Waals surface area contributed by atoms with Gasteiger partial charge in [0.2, 0.25) is 0 Å². The van der Waals surface area contributed by atoms with Crippen LogP contribution >= 0.6 is 0 Å². The minimum atomic E-state index is 0.0874. The van der Waals surface area contributed by atoms with Gasteiger partial charge in [-0.15, -0.1) is 0 Å². The van der Waals surface area contributed by atoms with E-state index in [1.165, 1.54) is 5.57 Å². The predicted octanol–water partition coefficient (Wildman–Crippen LogP) is 2.03. The fourth-order valence-electron chi connectivity index (χ4n) is 1.28. The molecule has 3 nitrogen and oxygen atoms in total. The van der Waals surface area contributed by atoms with Crippen molar-refractivity contribution in [1.82, 2.24) is 9.13 Å². The Bertz CT molecular complexity index is 367. The fourth-order valence-corrected chi connectivity index (χ4v) is 1.28. The van der Waals surface area contributed by atoms with E-state index in [0.717, 1.165) is 13.0 Å². The molecule has 0 aliphatic rings. The number of hydrogen-bond donors (Lipinski definition) is 0. The van der Waals surface area contributed by atoms with Crippen LogP contribution < -0.4 is 5.69 Å². The van der Waals surface area contributed by atoms with E-state index in [0.29, 0.717) is 6.54 Å². The molecule has 0 aliphatic heterocycles. The molecule has 14 heavy (non-hydrogen) atoms. The molecular formula is C11H18N2O. The summed E-state index contributed by atoms with van der Waals surface area (Å²) in [6.45, 7) is 7.63. The van der Waals surface area contributed by atoms with Gasteiger partial charge in [-0.05, 0) is 20.3 Å². The minimum absolute atomic E-state index is 0.0874. The van der Waals surface area contributed by atoms with Crippen LogP contribution in [0.2, 0.25) is 0 Å². The monoisotopic (exact) mass is 194 g/mol. The van der Waals surface area contributed by atoms with Crippen molar-refractivity contribution in [1.29, 1.82) is 0 Å². The Balaban J connectivity index is 2.80. The van der Waals surface area contributed by atoms with Gasteiger partial charge in [-0.2, -0.15) is 0 Å². The second-order valence-corrected chi connectivity index (χ2v) is 3.71. The Hall–Kier alpha value is -1.25. The Labute approximate surface area is 84.7 Å². The molecule has 0 aromatic carbocycles. The summed E-state index contributed by atoms with van der Waals surface area (Å²) in [5.74, 6) is 0. The summed E-state index contributed by atoms with van der Waals surface area (Å²) in [5.41, 5.74) is 1.32. The van der Waals surface area contributed by atoms with E-state index < -0.39 is 0 Å². The van der Waals surface area contributed by atoms with Gasteiger partial charge >= 0.3 is 5.69 Å². The predicted molar refractivity (Wildman–Crippen MR) is 58.4 cm³/mol. The number of allylic oxidation sites excluding steroid dienone is 2. The molecule has 78 valence electrons. The number of aromatic nitrogens is 2. The van der Waals surface area contributed by atoms with Crippen LogP contribution in [-0.2, 0) is 13.1 Å². The molecule has 1 heterocycles. The van der Waals surface area contributed by atoms with Gasteiger partial charge in [-0.3, -0.25) is 9.13 Å². The average Bonchev–Trinajstić information content (AvgIpc) is 2.46. The highest BCUT2D eigenvalue weighted by Gasteiger charge is 1.99. The number of hydrogen-bond acceptors (Lipinski definition) is 1. The van der Waals surface area contributed by atoms with Crippen LogP contribution in [0.5, 0.6) is 0 Å². The lowest BCUT2D eigenvalue weighted by molar-refractivity contribution is 0.626. The second kappa shape index (κ2) is 4.84. The molecular weight excluding hydrogens is 176 g/mol. The molecule has 0 amide bonds. The first kappa shape index (κ1) is 10.8. The van der Waals surface area contributed by atoms with E-state index in [1.54, 1.807) is 9.13 Å². The lowest BCUT2D eigenvalue weighted by Gasteiger charge is -1.97. The normalized spacial score (nSPS) is 10.2. The van der Waals surface area contributed by atoms with Crippen molar-refractivity contribution in [3.8, 4) is 0 Å². The molecule has 0 unspecified atom stereocenters. The van der Waals surface area contributed by atoms with E-state index in [-0.39, 0.29) is 5.69 Å². The van der Waals surface area contributed by atoms with Crippen LogP contribution in [0.1, 0.15) is 27.2 Å². The highest BCUT2D eigenvalue weighted by Crippen LogP contribution is 1.92. The van der Waals surface area contributed by atoms with E-state index >= 15 is 0 Å². The molecule has 1 rings (SSSR count). The molecule has 0 saturated heterocycles. The van der Waals surface area contributed by atoms with Crippen LogP contribution in [0.15, 0.2) is 28.8 Å². The molecule has 3 heteroatoms. The lowest BCUT2D eigenvalue weighted by atomic mass is 10.3. The summed E-state index contributed by atoms with van der Waals surface area (Å²) in [6.07, 6.45) is 6.74. The van der Waals surface area contributed by atoms with Gasteiger partial charge in [0, 0.05) is 25.5 Å². The van der Waals surface area contributed by atoms with Crippen LogP contribution in [-0.4, -0.2) is 9.13 Å². The highest BCUT2D eigenvalue weighted by atomic mass is 16.1. The molecule has 0 N–H and O–H groups in total. The van der Waals surface area contributed by atoms with Crippen molar-refractivity contribution in [2.75, 3.05) is 0 Å². The SMILES string of the molecule is CCCn1ccn(CC=C(C)C)c1=O. The molecule has 1 aromatic heterocycles. The summed E-state index contributed by atoms with van der Waals surface area (Å²) >= 11 is 0. The quantitative estimate of drug-likeness (QED) is 0.674. The Morgan fingerprint density at radius 2 is 2.00 bits per heavy atom. The van der Waals surface area contributed by atoms with Crippen molar-refractivity contribution >= 4 is 0 Å². The number of nitrogens with zero attached hydrogens (tertiary/aromatic N) is 2. The van der Waals surface area contributed by atoms with Gasteiger partial charge in [0.15, 0.2) is 0 Å². The smallest absolute Gasteiger partial charge is 0.299 e. The van der Waals surface area contributed by atoms with E-state index in [1.807, 2.05) is 26.2 Å². The van der Waals surface area contributed by atoms with Crippen molar-refractivity contribution < 1.29 is 0 Å². The second-order valence-electron chi connectivity index (χ2n) is 3.71. The van der Waals surface area contributed by atoms with Gasteiger partial charge in [-0.1, -0.05) is 18.6 Å². The minimum Gasteiger partial charge on any atom is -0.299 e. The van der Waals surface area contributed by atoms with Crippen molar-refractivity contribution in [3.63, 3.8) is 0 Å². The summed E-state index contributed by atoms with van der Waals surface area (Å²) in [5, 5.41) is 0. The van der Waals surface area contributed by atoms with Gasteiger partial charge in [-0.25, -0.2) is 4.79 Å². The first-order valence-corrected chi connectivity index (χ1v) is 5.04. The summed E-state index contributed by atoms with van der Waals surface area (Å²) < 4.78 is 3.47. The molecule has 0 saturated carbocycles. The van der Waals surface area contributed by atoms with E-state index in [2.05, 4.69) is 13.0 Å². The topological polar surface area (TPSA) is 26.9 Å². The van der Waals surface area contributed by atoms with Crippen molar-refractivity contribution in [2.45, 2.75) is 40.3 Å². The first-order chi connectivity index (χ1) is 6.65. The van der Waals surface area contributed by atoms with E-state index in [9.17, 15) is 4.79 Å². The van der Waals surface area contributed by atoms with Crippen molar-refractivity contribution in [2.24, 2.45) is 0 Å². The maximum absolute atomic E-state index is 11.7. The van der Waals surface area contributed by atoms with Crippen LogP contribution in [0.3, 0.4) is 0 Å². The third-order valence-corrected chi connectivity index (χ3v) is 2.08. The van der Waals surface area contributed by atoms with E-state index in [4.69, 9.17) is 0 Å². The third kappa shape index (κ3) is 2.62. The van der Waals surface area contributed by atoms with Crippen molar-refractivity contribution in [3.05, 3.63) is 34.5 Å². The summed E-state index contributed by atoms with van der Waals surface area (Å²) in [4.78, 5) is 11.7. The molecule has 1 aromatic rings. The lowest BCUT2D eigenvalue weighted by Crippen LogP contribution is -2.23. The van der Waals surface area contributed by atoms with Crippen LogP contribution in [0.4, 0.5) is 0 Å². The molecule has 0 aliphatic carbocycles. The number of aryl methyl sites for hydroxylation is 1.